The Morgan fingerprint density at radius 2 is 0.750 bits per heavy atom. The van der Waals surface area contributed by atoms with Crippen molar-refractivity contribution in [3.63, 3.8) is 0 Å². The van der Waals surface area contributed by atoms with Crippen molar-refractivity contribution in [2.75, 3.05) is 0 Å². The van der Waals surface area contributed by atoms with Gasteiger partial charge in [-0.2, -0.15) is 0 Å². The van der Waals surface area contributed by atoms with Crippen molar-refractivity contribution in [3.8, 4) is 23.7 Å². The van der Waals surface area contributed by atoms with Gasteiger partial charge in [-0.3, -0.25) is 0 Å². The average Bonchev–Trinajstić information content (AvgIpc) is 2.95. The van der Waals surface area contributed by atoms with Crippen molar-refractivity contribution in [2.24, 2.45) is 0 Å². The van der Waals surface area contributed by atoms with Gasteiger partial charge in [0.1, 0.15) is 0 Å². The molecular weight excluding hydrogens is 488 g/mol. The molecule has 2 bridgehead atoms. The highest BCUT2D eigenvalue weighted by Gasteiger charge is 2.58. The van der Waals surface area contributed by atoms with E-state index >= 15 is 0 Å². The van der Waals surface area contributed by atoms with Crippen LogP contribution in [-0.2, 0) is 31.8 Å². The summed E-state index contributed by atoms with van der Waals surface area (Å²) < 4.78 is 0. The molecule has 2 heteroatoms. The molecule has 0 amide bonds. The van der Waals surface area contributed by atoms with Gasteiger partial charge < -0.3 is 0 Å². The maximum Gasteiger partial charge on any atom is 0.215 e. The Hall–Kier alpha value is -4.08. The summed E-state index contributed by atoms with van der Waals surface area (Å²) in [6.07, 6.45) is 0. The van der Waals surface area contributed by atoms with Crippen LogP contribution in [0.5, 0.6) is 0 Å². The Balaban J connectivity index is 1.46. The van der Waals surface area contributed by atoms with Crippen molar-refractivity contribution in [1.29, 1.82) is 0 Å². The maximum absolute atomic E-state index is 6.30. The zero-order valence-corrected chi connectivity index (χ0v) is 24.1. The van der Waals surface area contributed by atoms with Gasteiger partial charge in [-0.25, -0.2) is 9.78 Å². The van der Waals surface area contributed by atoms with E-state index in [1.807, 2.05) is 24.3 Å². The second kappa shape index (κ2) is 9.25. The summed E-state index contributed by atoms with van der Waals surface area (Å²) in [6, 6.07) is 33.4. The summed E-state index contributed by atoms with van der Waals surface area (Å²) in [7, 11) is 0. The Labute approximate surface area is 238 Å². The first kappa shape index (κ1) is 26.2. The highest BCUT2D eigenvalue weighted by molar-refractivity contribution is 5.66. The first-order valence-corrected chi connectivity index (χ1v) is 13.9. The monoisotopic (exact) mass is 522 g/mol. The van der Waals surface area contributed by atoms with Crippen LogP contribution in [0.2, 0.25) is 0 Å². The van der Waals surface area contributed by atoms with Gasteiger partial charge >= 0.3 is 0 Å². The van der Waals surface area contributed by atoms with Crippen LogP contribution in [0.15, 0.2) is 97.1 Å². The number of hydrogen-bond acceptors (Lipinski definition) is 2. The molecule has 7 rings (SSSR count). The summed E-state index contributed by atoms with van der Waals surface area (Å²) >= 11 is 0. The number of benzene rings is 4. The number of hydrogen-bond donors (Lipinski definition) is 0. The molecule has 0 saturated carbocycles. The Morgan fingerprint density at radius 3 is 1.02 bits per heavy atom. The minimum Gasteiger partial charge on any atom is -0.205 e. The molecule has 3 aliphatic rings. The number of rotatable bonds is 0. The van der Waals surface area contributed by atoms with E-state index in [0.717, 1.165) is 33.4 Å². The summed E-state index contributed by atoms with van der Waals surface area (Å²) in [4.78, 5) is 12.6. The van der Waals surface area contributed by atoms with Gasteiger partial charge in [0.05, 0.1) is 0 Å². The SMILES string of the molecule is CC(C)(C)c1ccc(C#CC23OOC(C#Cc4ccc(C(C)(C)C)cc4)(c4ccccc42)c2ccccc23)cc1. The van der Waals surface area contributed by atoms with Crippen molar-refractivity contribution >= 4 is 0 Å². The van der Waals surface area contributed by atoms with E-state index in [9.17, 15) is 0 Å². The maximum atomic E-state index is 6.30. The standard InChI is InChI=1S/C38H34O2/c1-35(2,3)29-19-15-27(16-20-29)23-25-37-31-11-7-9-13-33(31)38(40-39-37,34-14-10-8-12-32(34)37)26-24-28-17-21-30(22-18-28)36(4,5)6/h7-22H,1-6H3. The molecule has 0 atom stereocenters. The molecular formula is C38H34O2. The molecule has 2 aliphatic heterocycles. The second-order valence-corrected chi connectivity index (χ2v) is 12.8. The van der Waals surface area contributed by atoms with Crippen LogP contribution >= 0.6 is 0 Å². The third-order valence-corrected chi connectivity index (χ3v) is 7.93. The second-order valence-electron chi connectivity index (χ2n) is 12.8. The minimum atomic E-state index is -1.05. The molecule has 198 valence electrons. The highest BCUT2D eigenvalue weighted by atomic mass is 17.2. The van der Waals surface area contributed by atoms with Crippen LogP contribution in [0.4, 0.5) is 0 Å². The average molecular weight is 523 g/mol. The summed E-state index contributed by atoms with van der Waals surface area (Å²) in [5, 5.41) is 0. The zero-order chi connectivity index (χ0) is 28.2. The van der Waals surface area contributed by atoms with Crippen LogP contribution in [0.25, 0.3) is 0 Å². The molecule has 0 saturated heterocycles. The van der Waals surface area contributed by atoms with E-state index in [4.69, 9.17) is 9.78 Å². The van der Waals surface area contributed by atoms with Gasteiger partial charge in [0.25, 0.3) is 0 Å². The Bertz CT molecular complexity index is 1530. The Morgan fingerprint density at radius 1 is 0.450 bits per heavy atom. The minimum absolute atomic E-state index is 0.0885. The lowest BCUT2D eigenvalue weighted by atomic mass is 9.67. The molecule has 0 unspecified atom stereocenters. The fourth-order valence-corrected chi connectivity index (χ4v) is 5.53. The molecule has 1 aliphatic carbocycles. The normalized spacial score (nSPS) is 20.9. The van der Waals surface area contributed by atoms with E-state index in [2.05, 4.69) is 138 Å². The van der Waals surface area contributed by atoms with Crippen molar-refractivity contribution in [2.45, 2.75) is 63.6 Å². The molecule has 0 spiro atoms. The molecule has 2 heterocycles. The van der Waals surface area contributed by atoms with Crippen molar-refractivity contribution in [3.05, 3.63) is 142 Å². The molecule has 0 aromatic heterocycles. The molecule has 4 aromatic rings. The van der Waals surface area contributed by atoms with Gasteiger partial charge in [-0.05, 0) is 58.1 Å². The fourth-order valence-electron chi connectivity index (χ4n) is 5.53. The van der Waals surface area contributed by atoms with E-state index in [1.165, 1.54) is 11.1 Å². The quantitative estimate of drug-likeness (QED) is 0.171. The van der Waals surface area contributed by atoms with Crippen molar-refractivity contribution < 1.29 is 9.78 Å². The highest BCUT2D eigenvalue weighted by Crippen LogP contribution is 2.56. The van der Waals surface area contributed by atoms with Crippen LogP contribution in [0.3, 0.4) is 0 Å². The first-order valence-electron chi connectivity index (χ1n) is 13.9. The van der Waals surface area contributed by atoms with Crippen LogP contribution in [0.1, 0.15) is 86.1 Å². The van der Waals surface area contributed by atoms with Crippen LogP contribution in [0, 0.1) is 23.7 Å². The Kier molecular flexibility index (Phi) is 6.05. The van der Waals surface area contributed by atoms with Crippen molar-refractivity contribution in [1.82, 2.24) is 0 Å². The predicted molar refractivity (Wildman–Crippen MR) is 161 cm³/mol. The smallest absolute Gasteiger partial charge is 0.205 e. The summed E-state index contributed by atoms with van der Waals surface area (Å²) in [5.74, 6) is 13.7. The van der Waals surface area contributed by atoms with Gasteiger partial charge in [-0.1, -0.05) is 126 Å². The summed E-state index contributed by atoms with van der Waals surface area (Å²) in [5.41, 5.74) is 6.37. The lowest BCUT2D eigenvalue weighted by Crippen LogP contribution is -2.51. The largest absolute Gasteiger partial charge is 0.215 e. The fraction of sp³-hybridized carbons (Fsp3) is 0.263. The third-order valence-electron chi connectivity index (χ3n) is 7.93. The first-order chi connectivity index (χ1) is 19.0. The van der Waals surface area contributed by atoms with Gasteiger partial charge in [-0.15, -0.1) is 0 Å². The molecule has 2 nitrogen and oxygen atoms in total. The lowest BCUT2D eigenvalue weighted by Gasteiger charge is -2.49. The molecule has 0 radical (unpaired) electrons. The zero-order valence-electron chi connectivity index (χ0n) is 24.1. The summed E-state index contributed by atoms with van der Waals surface area (Å²) in [6.45, 7) is 13.3. The van der Waals surface area contributed by atoms with E-state index < -0.39 is 11.2 Å². The van der Waals surface area contributed by atoms with Crippen LogP contribution < -0.4 is 0 Å². The van der Waals surface area contributed by atoms with E-state index in [-0.39, 0.29) is 10.8 Å². The van der Waals surface area contributed by atoms with Gasteiger partial charge in [0.2, 0.25) is 11.2 Å². The van der Waals surface area contributed by atoms with E-state index in [1.54, 1.807) is 0 Å². The lowest BCUT2D eigenvalue weighted by molar-refractivity contribution is -0.401. The van der Waals surface area contributed by atoms with Gasteiger partial charge in [0, 0.05) is 33.4 Å². The molecule has 4 aromatic carbocycles. The topological polar surface area (TPSA) is 18.5 Å². The number of fused-ring (bicyclic) bond motifs is 1. The molecule has 0 N–H and O–H groups in total. The van der Waals surface area contributed by atoms with Gasteiger partial charge in [0.15, 0.2) is 0 Å². The third kappa shape index (κ3) is 4.26. The molecule has 0 fully saturated rings. The molecule has 40 heavy (non-hydrogen) atoms. The predicted octanol–water partition coefficient (Wildman–Crippen LogP) is 8.15. The van der Waals surface area contributed by atoms with Crippen LogP contribution in [-0.4, -0.2) is 0 Å². The van der Waals surface area contributed by atoms with E-state index in [0.29, 0.717) is 0 Å².